The molecule has 1 saturated carbocycles. The normalized spacial score (nSPS) is 16.9. The molecule has 1 aliphatic rings. The highest BCUT2D eigenvalue weighted by Gasteiger charge is 2.26. The minimum absolute atomic E-state index is 0.0266. The lowest BCUT2D eigenvalue weighted by molar-refractivity contribution is 0.298. The van der Waals surface area contributed by atoms with Crippen molar-refractivity contribution in [2.24, 2.45) is 5.92 Å². The molecule has 0 aromatic heterocycles. The lowest BCUT2D eigenvalue weighted by atomic mass is 9.76. The molecule has 6 heteroatoms. The first-order chi connectivity index (χ1) is 20.7. The van der Waals surface area contributed by atoms with Crippen molar-refractivity contribution in [3.63, 3.8) is 0 Å². The second-order valence-corrected chi connectivity index (χ2v) is 11.8. The van der Waals surface area contributed by atoms with Crippen molar-refractivity contribution in [1.29, 1.82) is 0 Å². The van der Waals surface area contributed by atoms with Gasteiger partial charge in [-0.25, -0.2) is 26.3 Å². The Morgan fingerprint density at radius 2 is 1.19 bits per heavy atom. The van der Waals surface area contributed by atoms with Crippen molar-refractivity contribution in [2.75, 3.05) is 0 Å². The number of halogens is 6. The first kappa shape index (κ1) is 30.9. The molecule has 0 heterocycles. The fraction of sp³-hybridized carbons (Fsp3) is 0.351. The average molecular weight is 595 g/mol. The molecule has 0 aliphatic heterocycles. The van der Waals surface area contributed by atoms with E-state index in [-0.39, 0.29) is 22.6 Å². The first-order valence-corrected chi connectivity index (χ1v) is 15.3. The predicted molar refractivity (Wildman–Crippen MR) is 160 cm³/mol. The molecule has 1 fully saturated rings. The summed E-state index contributed by atoms with van der Waals surface area (Å²) >= 11 is 0. The maximum Gasteiger partial charge on any atom is 0.194 e. The van der Waals surface area contributed by atoms with Crippen LogP contribution in [0.5, 0.6) is 0 Å². The molecule has 4 aromatic carbocycles. The minimum atomic E-state index is -1.60. The molecular weight excluding hydrogens is 558 g/mol. The Bertz CT molecular complexity index is 1530. The van der Waals surface area contributed by atoms with Crippen LogP contribution in [-0.2, 0) is 12.8 Å². The molecule has 1 aliphatic carbocycles. The molecule has 43 heavy (non-hydrogen) atoms. The third-order valence-corrected chi connectivity index (χ3v) is 8.91. The fourth-order valence-corrected chi connectivity index (χ4v) is 6.35. The highest BCUT2D eigenvalue weighted by Crippen LogP contribution is 2.40. The predicted octanol–water partition coefficient (Wildman–Crippen LogP) is 11.5. The highest BCUT2D eigenvalue weighted by molar-refractivity contribution is 5.66. The molecule has 0 unspecified atom stereocenters. The van der Waals surface area contributed by atoms with Gasteiger partial charge in [-0.3, -0.25) is 0 Å². The summed E-state index contributed by atoms with van der Waals surface area (Å²) in [6.45, 7) is 2.20. The number of aryl methyl sites for hydroxylation is 2. The Kier molecular flexibility index (Phi) is 9.94. The summed E-state index contributed by atoms with van der Waals surface area (Å²) in [6.07, 6.45) is 9.95. The topological polar surface area (TPSA) is 0 Å². The SMILES string of the molecule is CCCCCC1CCC(c2ccc(-c3ccc(CCc4ccc(-c5cc(F)c(F)c(F)c5)c(F)c4)cc3)c(F)c2F)CC1. The maximum atomic E-state index is 15.2. The van der Waals surface area contributed by atoms with Crippen LogP contribution in [0.1, 0.15) is 80.9 Å². The van der Waals surface area contributed by atoms with Gasteiger partial charge in [0.2, 0.25) is 0 Å². The lowest BCUT2D eigenvalue weighted by Gasteiger charge is -2.29. The Labute approximate surface area is 249 Å². The van der Waals surface area contributed by atoms with E-state index in [1.807, 2.05) is 12.1 Å². The van der Waals surface area contributed by atoms with Gasteiger partial charge in [-0.1, -0.05) is 81.1 Å². The van der Waals surface area contributed by atoms with Crippen LogP contribution < -0.4 is 0 Å². The summed E-state index contributed by atoms with van der Waals surface area (Å²) < 4.78 is 85.7. The number of hydrogen-bond acceptors (Lipinski definition) is 0. The van der Waals surface area contributed by atoms with E-state index >= 15 is 8.78 Å². The van der Waals surface area contributed by atoms with E-state index < -0.39 is 34.9 Å². The molecule has 0 radical (unpaired) electrons. The fourth-order valence-electron chi connectivity index (χ4n) is 6.35. The molecule has 0 bridgehead atoms. The number of hydrogen-bond donors (Lipinski definition) is 0. The molecule has 0 saturated heterocycles. The van der Waals surface area contributed by atoms with Crippen LogP contribution in [-0.4, -0.2) is 0 Å². The van der Waals surface area contributed by atoms with Gasteiger partial charge < -0.3 is 0 Å². The molecule has 0 spiro atoms. The van der Waals surface area contributed by atoms with Gasteiger partial charge in [-0.15, -0.1) is 0 Å². The van der Waals surface area contributed by atoms with Gasteiger partial charge in [0.1, 0.15) is 5.82 Å². The van der Waals surface area contributed by atoms with E-state index in [0.29, 0.717) is 35.4 Å². The van der Waals surface area contributed by atoms with Gasteiger partial charge in [0.05, 0.1) is 0 Å². The van der Waals surface area contributed by atoms with E-state index in [2.05, 4.69) is 6.92 Å². The zero-order chi connectivity index (χ0) is 30.5. The van der Waals surface area contributed by atoms with Gasteiger partial charge >= 0.3 is 0 Å². The van der Waals surface area contributed by atoms with Crippen LogP contribution in [0.25, 0.3) is 22.3 Å². The third-order valence-electron chi connectivity index (χ3n) is 8.91. The van der Waals surface area contributed by atoms with Gasteiger partial charge in [0.15, 0.2) is 29.1 Å². The van der Waals surface area contributed by atoms with E-state index in [4.69, 9.17) is 0 Å². The van der Waals surface area contributed by atoms with Crippen molar-refractivity contribution < 1.29 is 26.3 Å². The number of rotatable bonds is 10. The minimum Gasteiger partial charge on any atom is -0.206 e. The van der Waals surface area contributed by atoms with Crippen LogP contribution in [0.2, 0.25) is 0 Å². The number of unbranched alkanes of at least 4 members (excludes halogenated alkanes) is 2. The van der Waals surface area contributed by atoms with Crippen LogP contribution in [0.3, 0.4) is 0 Å². The summed E-state index contributed by atoms with van der Waals surface area (Å²) in [7, 11) is 0. The molecule has 0 nitrogen and oxygen atoms in total. The number of benzene rings is 4. The van der Waals surface area contributed by atoms with E-state index in [1.54, 1.807) is 30.3 Å². The monoisotopic (exact) mass is 594 g/mol. The van der Waals surface area contributed by atoms with Crippen molar-refractivity contribution in [3.05, 3.63) is 118 Å². The molecule has 5 rings (SSSR count). The van der Waals surface area contributed by atoms with Gasteiger partial charge in [-0.2, -0.15) is 0 Å². The van der Waals surface area contributed by atoms with Gasteiger partial charge in [0.25, 0.3) is 0 Å². The third kappa shape index (κ3) is 7.17. The first-order valence-electron chi connectivity index (χ1n) is 15.3. The summed E-state index contributed by atoms with van der Waals surface area (Å²) in [5.74, 6) is -5.82. The van der Waals surface area contributed by atoms with Crippen LogP contribution >= 0.6 is 0 Å². The molecule has 226 valence electrons. The maximum absolute atomic E-state index is 15.2. The van der Waals surface area contributed by atoms with E-state index in [9.17, 15) is 17.6 Å². The zero-order valence-electron chi connectivity index (χ0n) is 24.3. The highest BCUT2D eigenvalue weighted by atomic mass is 19.2. The largest absolute Gasteiger partial charge is 0.206 e. The molecule has 0 N–H and O–H groups in total. The second kappa shape index (κ2) is 13.8. The van der Waals surface area contributed by atoms with Gasteiger partial charge in [-0.05, 0) is 96.4 Å². The van der Waals surface area contributed by atoms with Crippen LogP contribution in [0.15, 0.2) is 66.7 Å². The standard InChI is InChI=1S/C37H36F6/c1-2-3-4-5-23-8-13-26(14-9-23)30-18-19-31(36(42)35(30)41)27-15-10-24(11-16-27)6-7-25-12-17-29(32(38)20-25)28-21-33(39)37(43)34(40)22-28/h10-12,15-23,26H,2-9,13-14H2,1H3. The molecule has 0 amide bonds. The summed E-state index contributed by atoms with van der Waals surface area (Å²) in [5, 5.41) is 0. The average Bonchev–Trinajstić information content (AvgIpc) is 3.01. The Morgan fingerprint density at radius 1 is 0.558 bits per heavy atom. The smallest absolute Gasteiger partial charge is 0.194 e. The summed E-state index contributed by atoms with van der Waals surface area (Å²) in [6, 6.07) is 16.5. The second-order valence-electron chi connectivity index (χ2n) is 11.8. The lowest BCUT2D eigenvalue weighted by Crippen LogP contribution is -2.15. The van der Waals surface area contributed by atoms with Crippen LogP contribution in [0.4, 0.5) is 26.3 Å². The molecule has 4 aromatic rings. The Morgan fingerprint density at radius 3 is 1.84 bits per heavy atom. The summed E-state index contributed by atoms with van der Waals surface area (Å²) in [4.78, 5) is 0. The van der Waals surface area contributed by atoms with E-state index in [1.165, 1.54) is 37.8 Å². The zero-order valence-corrected chi connectivity index (χ0v) is 24.3. The quantitative estimate of drug-likeness (QED) is 0.0973. The van der Waals surface area contributed by atoms with Crippen molar-refractivity contribution in [1.82, 2.24) is 0 Å². The summed E-state index contributed by atoms with van der Waals surface area (Å²) in [5.41, 5.74) is 2.79. The Hall–Kier alpha value is -3.54. The van der Waals surface area contributed by atoms with Gasteiger partial charge in [0, 0.05) is 11.1 Å². The van der Waals surface area contributed by atoms with Crippen molar-refractivity contribution in [2.45, 2.75) is 77.0 Å². The van der Waals surface area contributed by atoms with Crippen molar-refractivity contribution in [3.8, 4) is 22.3 Å². The van der Waals surface area contributed by atoms with Crippen molar-refractivity contribution >= 4 is 0 Å². The van der Waals surface area contributed by atoms with E-state index in [0.717, 1.165) is 43.4 Å². The molecule has 0 atom stereocenters. The van der Waals surface area contributed by atoms with Crippen LogP contribution in [0, 0.1) is 40.8 Å². The molecular formula is C37H36F6. The Balaban J connectivity index is 1.21.